The number of carbonyl (C=O) groups excluding carboxylic acids is 1. The normalized spacial score (nSPS) is 18.1. The number of fused-ring (bicyclic) bond motifs is 1. The Morgan fingerprint density at radius 3 is 2.56 bits per heavy atom. The zero-order valence-corrected chi connectivity index (χ0v) is 15.9. The summed E-state index contributed by atoms with van der Waals surface area (Å²) >= 11 is 12.2. The van der Waals surface area contributed by atoms with E-state index < -0.39 is 18.0 Å². The molecular formula is C21H17Cl2NO3. The van der Waals surface area contributed by atoms with Gasteiger partial charge in [0.15, 0.2) is 0 Å². The molecule has 0 spiro atoms. The Hall–Kier alpha value is -2.27. The van der Waals surface area contributed by atoms with Crippen LogP contribution in [0.5, 0.6) is 0 Å². The zero-order valence-electron chi connectivity index (χ0n) is 14.4. The minimum absolute atomic E-state index is 0.128. The average molecular weight is 402 g/mol. The van der Waals surface area contributed by atoms with Gasteiger partial charge in [0.25, 0.3) is 0 Å². The first kappa shape index (κ1) is 18.1. The van der Waals surface area contributed by atoms with Gasteiger partial charge in [0.05, 0.1) is 12.0 Å². The van der Waals surface area contributed by atoms with Crippen LogP contribution in [0.15, 0.2) is 60.8 Å². The summed E-state index contributed by atoms with van der Waals surface area (Å²) in [4.78, 5) is 11.6. The van der Waals surface area contributed by atoms with Gasteiger partial charge in [0.2, 0.25) is 0 Å². The molecule has 2 atom stereocenters. The number of esters is 1. The Balaban J connectivity index is 1.76. The van der Waals surface area contributed by atoms with Crippen molar-refractivity contribution in [3.05, 3.63) is 82.0 Å². The maximum Gasteiger partial charge on any atom is 0.333 e. The van der Waals surface area contributed by atoms with E-state index in [1.54, 1.807) is 0 Å². The van der Waals surface area contributed by atoms with E-state index in [1.807, 2.05) is 53.2 Å². The van der Waals surface area contributed by atoms with Gasteiger partial charge in [0.1, 0.15) is 6.61 Å². The molecule has 1 saturated heterocycles. The smallest absolute Gasteiger partial charge is 0.333 e. The molecule has 27 heavy (non-hydrogen) atoms. The Kier molecular flexibility index (Phi) is 4.72. The predicted molar refractivity (Wildman–Crippen MR) is 106 cm³/mol. The van der Waals surface area contributed by atoms with Crippen LogP contribution in [0.4, 0.5) is 0 Å². The number of cyclic esters (lactones) is 1. The fourth-order valence-corrected chi connectivity index (χ4v) is 3.76. The molecule has 0 bridgehead atoms. The number of benzene rings is 2. The minimum Gasteiger partial charge on any atom is -0.462 e. The van der Waals surface area contributed by atoms with Crippen molar-refractivity contribution in [2.24, 2.45) is 5.92 Å². The van der Waals surface area contributed by atoms with Crippen LogP contribution in [0, 0.1) is 5.92 Å². The number of nitrogens with zero attached hydrogens (tertiary/aromatic N) is 1. The number of hydrogen-bond acceptors (Lipinski definition) is 3. The molecule has 3 aromatic rings. The highest BCUT2D eigenvalue weighted by Gasteiger charge is 2.36. The summed E-state index contributed by atoms with van der Waals surface area (Å²) in [6.45, 7) is 4.51. The van der Waals surface area contributed by atoms with Crippen molar-refractivity contribution in [3.8, 4) is 0 Å². The van der Waals surface area contributed by atoms with E-state index in [0.29, 0.717) is 27.7 Å². The van der Waals surface area contributed by atoms with E-state index >= 15 is 0 Å². The SMILES string of the molecule is C=C1C(=O)OCC1C(O)c1cn(Cc2ccc(Cl)cc2)c2ccc(Cl)cc12. The van der Waals surface area contributed by atoms with Gasteiger partial charge >= 0.3 is 5.97 Å². The van der Waals surface area contributed by atoms with Crippen molar-refractivity contribution in [1.82, 2.24) is 4.57 Å². The third kappa shape index (κ3) is 3.36. The molecule has 6 heteroatoms. The molecule has 1 aliphatic heterocycles. The van der Waals surface area contributed by atoms with Gasteiger partial charge in [-0.3, -0.25) is 0 Å². The minimum atomic E-state index is -0.906. The van der Waals surface area contributed by atoms with Crippen LogP contribution < -0.4 is 0 Å². The maximum absolute atomic E-state index is 11.6. The van der Waals surface area contributed by atoms with Crippen molar-refractivity contribution < 1.29 is 14.6 Å². The van der Waals surface area contributed by atoms with Crippen LogP contribution >= 0.6 is 23.2 Å². The van der Waals surface area contributed by atoms with Crippen LogP contribution in [0.25, 0.3) is 10.9 Å². The van der Waals surface area contributed by atoms with Crippen molar-refractivity contribution in [1.29, 1.82) is 0 Å². The Bertz CT molecular complexity index is 1040. The largest absolute Gasteiger partial charge is 0.462 e. The van der Waals surface area contributed by atoms with E-state index in [1.165, 1.54) is 0 Å². The number of hydrogen-bond donors (Lipinski definition) is 1. The monoisotopic (exact) mass is 401 g/mol. The second-order valence-electron chi connectivity index (χ2n) is 6.68. The van der Waals surface area contributed by atoms with Gasteiger partial charge in [0, 0.05) is 44.8 Å². The lowest BCUT2D eigenvalue weighted by Gasteiger charge is -2.15. The molecule has 1 N–H and O–H groups in total. The van der Waals surface area contributed by atoms with Gasteiger partial charge < -0.3 is 14.4 Å². The van der Waals surface area contributed by atoms with Crippen LogP contribution in [-0.4, -0.2) is 22.2 Å². The number of carbonyl (C=O) groups is 1. The molecule has 2 unspecified atom stereocenters. The summed E-state index contributed by atoms with van der Waals surface area (Å²) in [7, 11) is 0. The second kappa shape index (κ2) is 7.04. The Labute approximate surface area is 166 Å². The standard InChI is InChI=1S/C21H17Cl2NO3/c1-12-18(11-27-21(12)26)20(25)17-10-24(9-13-2-4-14(22)5-3-13)19-7-6-15(23)8-16(17)19/h2-8,10,18,20,25H,1,9,11H2. The summed E-state index contributed by atoms with van der Waals surface area (Å²) in [5.74, 6) is -0.923. The first-order valence-electron chi connectivity index (χ1n) is 8.51. The third-order valence-electron chi connectivity index (χ3n) is 4.94. The lowest BCUT2D eigenvalue weighted by molar-refractivity contribution is -0.135. The number of halogens is 2. The number of aromatic nitrogens is 1. The number of aliphatic hydroxyl groups excluding tert-OH is 1. The van der Waals surface area contributed by atoms with E-state index in [9.17, 15) is 9.90 Å². The van der Waals surface area contributed by atoms with Gasteiger partial charge in [-0.2, -0.15) is 0 Å². The summed E-state index contributed by atoms with van der Waals surface area (Å²) in [5, 5.41) is 13.1. The molecule has 4 nitrogen and oxygen atoms in total. The van der Waals surface area contributed by atoms with E-state index in [2.05, 4.69) is 6.58 Å². The lowest BCUT2D eigenvalue weighted by Crippen LogP contribution is -2.14. The Morgan fingerprint density at radius 2 is 1.89 bits per heavy atom. The van der Waals surface area contributed by atoms with Crippen LogP contribution in [0.2, 0.25) is 10.0 Å². The molecule has 0 aliphatic carbocycles. The van der Waals surface area contributed by atoms with Crippen LogP contribution in [-0.2, 0) is 16.1 Å². The first-order valence-corrected chi connectivity index (χ1v) is 9.26. The van der Waals surface area contributed by atoms with E-state index in [0.717, 1.165) is 16.5 Å². The summed E-state index contributed by atoms with van der Waals surface area (Å²) in [5.41, 5.74) is 3.02. The van der Waals surface area contributed by atoms with Crippen LogP contribution in [0.3, 0.4) is 0 Å². The molecule has 0 amide bonds. The summed E-state index contributed by atoms with van der Waals surface area (Å²) in [6, 6.07) is 13.2. The topological polar surface area (TPSA) is 51.5 Å². The van der Waals surface area contributed by atoms with Gasteiger partial charge in [-0.25, -0.2) is 4.79 Å². The fraction of sp³-hybridized carbons (Fsp3) is 0.190. The third-order valence-corrected chi connectivity index (χ3v) is 5.43. The first-order chi connectivity index (χ1) is 12.9. The quantitative estimate of drug-likeness (QED) is 0.506. The van der Waals surface area contributed by atoms with Crippen LogP contribution in [0.1, 0.15) is 17.2 Å². The summed E-state index contributed by atoms with van der Waals surface area (Å²) < 4.78 is 7.08. The molecule has 1 aliphatic rings. The molecular weight excluding hydrogens is 385 g/mol. The predicted octanol–water partition coefficient (Wildman–Crippen LogP) is 4.76. The fourth-order valence-electron chi connectivity index (χ4n) is 3.46. The number of rotatable bonds is 4. The number of aliphatic hydroxyl groups is 1. The van der Waals surface area contributed by atoms with E-state index in [4.69, 9.17) is 27.9 Å². The van der Waals surface area contributed by atoms with Crippen molar-refractivity contribution in [2.45, 2.75) is 12.6 Å². The highest BCUT2D eigenvalue weighted by Crippen LogP contribution is 2.37. The molecule has 4 rings (SSSR count). The lowest BCUT2D eigenvalue weighted by atomic mass is 9.92. The maximum atomic E-state index is 11.6. The molecule has 138 valence electrons. The highest BCUT2D eigenvalue weighted by atomic mass is 35.5. The number of ether oxygens (including phenoxy) is 1. The van der Waals surface area contributed by atoms with Crippen molar-refractivity contribution >= 4 is 40.1 Å². The molecule has 2 heterocycles. The molecule has 0 saturated carbocycles. The molecule has 1 fully saturated rings. The van der Waals surface area contributed by atoms with Gasteiger partial charge in [-0.05, 0) is 35.9 Å². The Morgan fingerprint density at radius 1 is 1.19 bits per heavy atom. The van der Waals surface area contributed by atoms with Gasteiger partial charge in [-0.15, -0.1) is 0 Å². The van der Waals surface area contributed by atoms with Gasteiger partial charge in [-0.1, -0.05) is 41.9 Å². The zero-order chi connectivity index (χ0) is 19.1. The highest BCUT2D eigenvalue weighted by molar-refractivity contribution is 6.31. The van der Waals surface area contributed by atoms with Crippen molar-refractivity contribution in [2.75, 3.05) is 6.61 Å². The molecule has 0 radical (unpaired) electrons. The summed E-state index contributed by atoms with van der Waals surface area (Å²) in [6.07, 6.45) is 0.993. The van der Waals surface area contributed by atoms with Crippen molar-refractivity contribution in [3.63, 3.8) is 0 Å². The molecule has 1 aromatic heterocycles. The molecule has 2 aromatic carbocycles. The second-order valence-corrected chi connectivity index (χ2v) is 7.55. The average Bonchev–Trinajstić information content (AvgIpc) is 3.17. The van der Waals surface area contributed by atoms with E-state index in [-0.39, 0.29) is 6.61 Å².